The first-order chi connectivity index (χ1) is 5.34. The molecule has 1 heterocycles. The summed E-state index contributed by atoms with van der Waals surface area (Å²) >= 11 is 0. The molecule has 0 bridgehead atoms. The predicted molar refractivity (Wildman–Crippen MR) is 45.2 cm³/mol. The maximum absolute atomic E-state index is 4.07. The molecule has 0 aromatic carbocycles. The zero-order valence-corrected chi connectivity index (χ0v) is 7.17. The summed E-state index contributed by atoms with van der Waals surface area (Å²) in [6.07, 6.45) is 3.00. The fourth-order valence-electron chi connectivity index (χ4n) is 0.968. The van der Waals surface area contributed by atoms with Gasteiger partial charge >= 0.3 is 0 Å². The first-order valence-corrected chi connectivity index (χ1v) is 4.02. The van der Waals surface area contributed by atoms with Gasteiger partial charge in [-0.25, -0.2) is 0 Å². The highest BCUT2D eigenvalue weighted by molar-refractivity contribution is 4.98. The fraction of sp³-hybridized carbons (Fsp3) is 0.625. The molecule has 1 aromatic rings. The van der Waals surface area contributed by atoms with Gasteiger partial charge in [-0.05, 0) is 19.0 Å². The summed E-state index contributed by atoms with van der Waals surface area (Å²) in [4.78, 5) is 0. The predicted octanol–water partition coefficient (Wildman–Crippen LogP) is 0.920. The Bertz CT molecular complexity index is 205. The molecule has 0 aliphatic rings. The normalized spacial score (nSPS) is 10.4. The van der Waals surface area contributed by atoms with Crippen LogP contribution in [0.2, 0.25) is 0 Å². The van der Waals surface area contributed by atoms with Crippen molar-refractivity contribution >= 4 is 0 Å². The molecule has 62 valence electrons. The van der Waals surface area contributed by atoms with Crippen LogP contribution in [-0.4, -0.2) is 16.3 Å². The van der Waals surface area contributed by atoms with E-state index in [9.17, 15) is 0 Å². The minimum Gasteiger partial charge on any atom is -0.311 e. The van der Waals surface area contributed by atoms with Crippen molar-refractivity contribution in [2.24, 2.45) is 7.05 Å². The number of rotatable bonds is 4. The van der Waals surface area contributed by atoms with Gasteiger partial charge in [0, 0.05) is 19.8 Å². The van der Waals surface area contributed by atoms with Crippen molar-refractivity contribution in [3.8, 4) is 0 Å². The Balaban J connectivity index is 2.32. The number of aryl methyl sites for hydroxylation is 1. The maximum atomic E-state index is 4.07. The van der Waals surface area contributed by atoms with Crippen LogP contribution in [0.3, 0.4) is 0 Å². The van der Waals surface area contributed by atoms with Crippen molar-refractivity contribution in [2.45, 2.75) is 19.9 Å². The minimum atomic E-state index is 0.921. The Labute approximate surface area is 67.4 Å². The highest BCUT2D eigenvalue weighted by Gasteiger charge is 1.94. The monoisotopic (exact) mass is 153 g/mol. The highest BCUT2D eigenvalue weighted by Crippen LogP contribution is 1.94. The van der Waals surface area contributed by atoms with E-state index < -0.39 is 0 Å². The first-order valence-electron chi connectivity index (χ1n) is 4.02. The van der Waals surface area contributed by atoms with Crippen LogP contribution in [0.4, 0.5) is 0 Å². The van der Waals surface area contributed by atoms with Crippen molar-refractivity contribution in [3.63, 3.8) is 0 Å². The van der Waals surface area contributed by atoms with Gasteiger partial charge < -0.3 is 5.32 Å². The second kappa shape index (κ2) is 4.13. The van der Waals surface area contributed by atoms with Crippen LogP contribution in [0.15, 0.2) is 12.3 Å². The largest absolute Gasteiger partial charge is 0.311 e. The Morgan fingerprint density at radius 3 is 3.00 bits per heavy atom. The molecule has 0 saturated heterocycles. The van der Waals surface area contributed by atoms with Crippen LogP contribution in [-0.2, 0) is 13.6 Å². The Morgan fingerprint density at radius 1 is 1.64 bits per heavy atom. The quantitative estimate of drug-likeness (QED) is 0.652. The molecule has 0 spiro atoms. The molecule has 1 aromatic heterocycles. The fourth-order valence-corrected chi connectivity index (χ4v) is 0.968. The molecule has 0 unspecified atom stereocenters. The SMILES string of the molecule is CCCNCc1ccnn1C. The van der Waals surface area contributed by atoms with E-state index in [1.54, 1.807) is 0 Å². The Hall–Kier alpha value is -0.830. The van der Waals surface area contributed by atoms with Gasteiger partial charge in [0.05, 0.1) is 5.69 Å². The minimum absolute atomic E-state index is 0.921. The van der Waals surface area contributed by atoms with E-state index >= 15 is 0 Å². The molecule has 0 aliphatic heterocycles. The van der Waals surface area contributed by atoms with Crippen molar-refractivity contribution in [2.75, 3.05) is 6.54 Å². The van der Waals surface area contributed by atoms with Crippen LogP contribution in [0.5, 0.6) is 0 Å². The van der Waals surface area contributed by atoms with Gasteiger partial charge in [0.25, 0.3) is 0 Å². The standard InChI is InChI=1S/C8H15N3/c1-3-5-9-7-8-4-6-10-11(8)2/h4,6,9H,3,5,7H2,1-2H3. The molecule has 0 aliphatic carbocycles. The summed E-state index contributed by atoms with van der Waals surface area (Å²) in [6.45, 7) is 4.16. The number of hydrogen-bond acceptors (Lipinski definition) is 2. The van der Waals surface area contributed by atoms with E-state index in [0.717, 1.165) is 13.1 Å². The zero-order valence-electron chi connectivity index (χ0n) is 7.17. The van der Waals surface area contributed by atoms with Gasteiger partial charge in [0.1, 0.15) is 0 Å². The van der Waals surface area contributed by atoms with Gasteiger partial charge in [-0.1, -0.05) is 6.92 Å². The molecule has 3 heteroatoms. The van der Waals surface area contributed by atoms with Gasteiger partial charge in [-0.15, -0.1) is 0 Å². The molecule has 1 rings (SSSR count). The number of aromatic nitrogens is 2. The lowest BCUT2D eigenvalue weighted by Gasteiger charge is -2.02. The smallest absolute Gasteiger partial charge is 0.0518 e. The summed E-state index contributed by atoms with van der Waals surface area (Å²) < 4.78 is 1.89. The Morgan fingerprint density at radius 2 is 2.45 bits per heavy atom. The van der Waals surface area contributed by atoms with Crippen LogP contribution in [0.1, 0.15) is 19.0 Å². The third-order valence-corrected chi connectivity index (χ3v) is 1.66. The molecule has 1 N–H and O–H groups in total. The topological polar surface area (TPSA) is 29.9 Å². The molecule has 0 fully saturated rings. The molecular formula is C8H15N3. The van der Waals surface area contributed by atoms with Crippen molar-refractivity contribution in [3.05, 3.63) is 18.0 Å². The van der Waals surface area contributed by atoms with Crippen molar-refractivity contribution in [1.29, 1.82) is 0 Å². The number of nitrogens with zero attached hydrogens (tertiary/aromatic N) is 2. The molecule has 0 amide bonds. The maximum Gasteiger partial charge on any atom is 0.0518 e. The van der Waals surface area contributed by atoms with Gasteiger partial charge in [0.15, 0.2) is 0 Å². The average molecular weight is 153 g/mol. The summed E-state index contributed by atoms with van der Waals surface area (Å²) in [6, 6.07) is 2.03. The molecule has 0 saturated carbocycles. The van der Waals surface area contributed by atoms with Crippen molar-refractivity contribution in [1.82, 2.24) is 15.1 Å². The number of hydrogen-bond donors (Lipinski definition) is 1. The third-order valence-electron chi connectivity index (χ3n) is 1.66. The molecule has 3 nitrogen and oxygen atoms in total. The van der Waals surface area contributed by atoms with E-state index in [1.807, 2.05) is 24.0 Å². The second-order valence-corrected chi connectivity index (χ2v) is 2.62. The summed E-state index contributed by atoms with van der Waals surface area (Å²) in [5, 5.41) is 7.39. The van der Waals surface area contributed by atoms with Crippen LogP contribution < -0.4 is 5.32 Å². The van der Waals surface area contributed by atoms with E-state index in [4.69, 9.17) is 0 Å². The first kappa shape index (κ1) is 8.27. The van der Waals surface area contributed by atoms with Crippen LogP contribution in [0.25, 0.3) is 0 Å². The molecule has 11 heavy (non-hydrogen) atoms. The third kappa shape index (κ3) is 2.35. The van der Waals surface area contributed by atoms with Gasteiger partial charge in [-0.2, -0.15) is 5.10 Å². The van der Waals surface area contributed by atoms with E-state index in [2.05, 4.69) is 17.3 Å². The van der Waals surface area contributed by atoms with Gasteiger partial charge in [0.2, 0.25) is 0 Å². The van der Waals surface area contributed by atoms with E-state index in [-0.39, 0.29) is 0 Å². The van der Waals surface area contributed by atoms with Crippen molar-refractivity contribution < 1.29 is 0 Å². The summed E-state index contributed by atoms with van der Waals surface area (Å²) in [5.41, 5.74) is 1.23. The highest BCUT2D eigenvalue weighted by atomic mass is 15.3. The van der Waals surface area contributed by atoms with Crippen LogP contribution in [0, 0.1) is 0 Å². The summed E-state index contributed by atoms with van der Waals surface area (Å²) in [5.74, 6) is 0. The van der Waals surface area contributed by atoms with E-state index in [0.29, 0.717) is 0 Å². The van der Waals surface area contributed by atoms with Crippen LogP contribution >= 0.6 is 0 Å². The zero-order chi connectivity index (χ0) is 8.10. The summed E-state index contributed by atoms with van der Waals surface area (Å²) in [7, 11) is 1.96. The molecular weight excluding hydrogens is 138 g/mol. The second-order valence-electron chi connectivity index (χ2n) is 2.62. The lowest BCUT2D eigenvalue weighted by atomic mass is 10.4. The lowest BCUT2D eigenvalue weighted by Crippen LogP contribution is -2.16. The number of nitrogens with one attached hydrogen (secondary N) is 1. The molecule has 0 radical (unpaired) electrons. The Kier molecular flexibility index (Phi) is 3.11. The lowest BCUT2D eigenvalue weighted by molar-refractivity contribution is 0.620. The van der Waals surface area contributed by atoms with Gasteiger partial charge in [-0.3, -0.25) is 4.68 Å². The van der Waals surface area contributed by atoms with E-state index in [1.165, 1.54) is 12.1 Å². The average Bonchev–Trinajstić information content (AvgIpc) is 2.37. The molecule has 0 atom stereocenters.